The van der Waals surface area contributed by atoms with Crippen molar-refractivity contribution in [2.24, 2.45) is 0 Å². The quantitative estimate of drug-likeness (QED) is 0.851. The van der Waals surface area contributed by atoms with Crippen LogP contribution in [-0.4, -0.2) is 12.5 Å². The van der Waals surface area contributed by atoms with E-state index in [0.29, 0.717) is 6.54 Å². The van der Waals surface area contributed by atoms with Crippen molar-refractivity contribution in [3.63, 3.8) is 0 Å². The van der Waals surface area contributed by atoms with Gasteiger partial charge in [0.05, 0.1) is 5.92 Å². The maximum absolute atomic E-state index is 12.3. The number of halogens is 1. The van der Waals surface area contributed by atoms with Gasteiger partial charge in [-0.15, -0.1) is 0 Å². The van der Waals surface area contributed by atoms with E-state index in [0.717, 1.165) is 29.0 Å². The van der Waals surface area contributed by atoms with E-state index < -0.39 is 0 Å². The summed E-state index contributed by atoms with van der Waals surface area (Å²) < 4.78 is 0. The van der Waals surface area contributed by atoms with Gasteiger partial charge in [0, 0.05) is 11.6 Å². The first-order valence-electron chi connectivity index (χ1n) is 7.27. The van der Waals surface area contributed by atoms with Crippen molar-refractivity contribution in [2.75, 3.05) is 6.54 Å². The molecule has 0 fully saturated rings. The molecule has 0 saturated heterocycles. The predicted molar refractivity (Wildman–Crippen MR) is 87.6 cm³/mol. The molecule has 110 valence electrons. The Morgan fingerprint density at radius 2 is 1.90 bits per heavy atom. The molecule has 1 unspecified atom stereocenters. The molecule has 2 aromatic carbocycles. The summed E-state index contributed by atoms with van der Waals surface area (Å²) in [4.78, 5) is 12.3. The van der Waals surface area contributed by atoms with Crippen molar-refractivity contribution in [2.45, 2.75) is 25.7 Å². The molecule has 2 nitrogen and oxygen atoms in total. The number of benzene rings is 2. The summed E-state index contributed by atoms with van der Waals surface area (Å²) in [6.07, 6.45) is 1.59. The highest BCUT2D eigenvalue weighted by Gasteiger charge is 2.17. The Morgan fingerprint density at radius 1 is 1.14 bits per heavy atom. The third-order valence-electron chi connectivity index (χ3n) is 3.53. The first kappa shape index (κ1) is 15.6. The number of nitrogens with one attached hydrogen (secondary N) is 1. The normalized spacial score (nSPS) is 11.9. The van der Waals surface area contributed by atoms with Gasteiger partial charge in [-0.1, -0.05) is 61.0 Å². The van der Waals surface area contributed by atoms with Crippen LogP contribution in [0, 0.1) is 0 Å². The van der Waals surface area contributed by atoms with E-state index in [4.69, 9.17) is 11.6 Å². The molecule has 0 aliphatic rings. The summed E-state index contributed by atoms with van der Waals surface area (Å²) >= 11 is 5.95. The second-order valence-corrected chi connectivity index (χ2v) is 5.48. The van der Waals surface area contributed by atoms with Gasteiger partial charge < -0.3 is 5.32 Å². The molecule has 2 aromatic rings. The number of carbonyl (C=O) groups is 1. The van der Waals surface area contributed by atoms with Crippen LogP contribution in [0.25, 0.3) is 0 Å². The molecule has 0 saturated carbocycles. The van der Waals surface area contributed by atoms with Crippen LogP contribution in [0.5, 0.6) is 0 Å². The van der Waals surface area contributed by atoms with Gasteiger partial charge in [0.25, 0.3) is 0 Å². The minimum absolute atomic E-state index is 0.0782. The molecule has 21 heavy (non-hydrogen) atoms. The largest absolute Gasteiger partial charge is 0.355 e. The van der Waals surface area contributed by atoms with E-state index in [2.05, 4.69) is 5.32 Å². The lowest BCUT2D eigenvalue weighted by atomic mass is 9.95. The van der Waals surface area contributed by atoms with Gasteiger partial charge in [0.2, 0.25) is 5.91 Å². The van der Waals surface area contributed by atoms with Gasteiger partial charge in [-0.2, -0.15) is 0 Å². The van der Waals surface area contributed by atoms with Crippen molar-refractivity contribution in [1.82, 2.24) is 5.32 Å². The lowest BCUT2D eigenvalue weighted by molar-refractivity contribution is -0.122. The van der Waals surface area contributed by atoms with Crippen LogP contribution < -0.4 is 5.32 Å². The highest BCUT2D eigenvalue weighted by molar-refractivity contribution is 6.30. The van der Waals surface area contributed by atoms with Gasteiger partial charge in [-0.05, 0) is 36.1 Å². The fourth-order valence-corrected chi connectivity index (χ4v) is 2.62. The van der Waals surface area contributed by atoms with Crippen LogP contribution in [0.3, 0.4) is 0 Å². The minimum Gasteiger partial charge on any atom is -0.355 e. The van der Waals surface area contributed by atoms with E-state index in [1.165, 1.54) is 0 Å². The molecule has 0 aliphatic carbocycles. The standard InChI is InChI=1S/C18H20ClNO/c1-2-17(15-8-4-3-5-9-15)18(21)20-12-11-14-7-6-10-16(19)13-14/h3-10,13,17H,2,11-12H2,1H3,(H,20,21). The summed E-state index contributed by atoms with van der Waals surface area (Å²) in [7, 11) is 0. The summed E-state index contributed by atoms with van der Waals surface area (Å²) in [6.45, 7) is 2.66. The van der Waals surface area contributed by atoms with E-state index in [-0.39, 0.29) is 11.8 Å². The van der Waals surface area contributed by atoms with Crippen molar-refractivity contribution in [1.29, 1.82) is 0 Å². The zero-order valence-electron chi connectivity index (χ0n) is 12.2. The highest BCUT2D eigenvalue weighted by Crippen LogP contribution is 2.19. The van der Waals surface area contributed by atoms with E-state index in [1.807, 2.05) is 61.5 Å². The minimum atomic E-state index is -0.0782. The Kier molecular flexibility index (Phi) is 5.82. The van der Waals surface area contributed by atoms with Crippen molar-refractivity contribution in [3.05, 3.63) is 70.7 Å². The zero-order valence-corrected chi connectivity index (χ0v) is 12.9. The van der Waals surface area contributed by atoms with Gasteiger partial charge in [-0.25, -0.2) is 0 Å². The Bertz CT molecular complexity index is 583. The molecule has 0 aliphatic heterocycles. The predicted octanol–water partition coefficient (Wildman–Crippen LogP) is 4.19. The van der Waals surface area contributed by atoms with Gasteiger partial charge in [0.1, 0.15) is 0 Å². The number of hydrogen-bond donors (Lipinski definition) is 1. The smallest absolute Gasteiger partial charge is 0.227 e. The highest BCUT2D eigenvalue weighted by atomic mass is 35.5. The maximum Gasteiger partial charge on any atom is 0.227 e. The molecule has 0 spiro atoms. The molecule has 1 N–H and O–H groups in total. The molecule has 0 radical (unpaired) electrons. The molecular formula is C18H20ClNO. The van der Waals surface area contributed by atoms with E-state index in [1.54, 1.807) is 0 Å². The molecule has 0 bridgehead atoms. The third kappa shape index (κ3) is 4.61. The van der Waals surface area contributed by atoms with E-state index >= 15 is 0 Å². The SMILES string of the molecule is CCC(C(=O)NCCc1cccc(Cl)c1)c1ccccc1. The monoisotopic (exact) mass is 301 g/mol. The number of hydrogen-bond acceptors (Lipinski definition) is 1. The Balaban J connectivity index is 1.89. The average molecular weight is 302 g/mol. The first-order chi connectivity index (χ1) is 10.2. The molecule has 0 aromatic heterocycles. The third-order valence-corrected chi connectivity index (χ3v) is 3.76. The lowest BCUT2D eigenvalue weighted by Crippen LogP contribution is -2.30. The lowest BCUT2D eigenvalue weighted by Gasteiger charge is -2.15. The molecule has 0 heterocycles. The molecular weight excluding hydrogens is 282 g/mol. The van der Waals surface area contributed by atoms with Gasteiger partial charge >= 0.3 is 0 Å². The maximum atomic E-state index is 12.3. The summed E-state index contributed by atoms with van der Waals surface area (Å²) in [5, 5.41) is 3.75. The second-order valence-electron chi connectivity index (χ2n) is 5.04. The van der Waals surface area contributed by atoms with Crippen LogP contribution in [0.4, 0.5) is 0 Å². The fraction of sp³-hybridized carbons (Fsp3) is 0.278. The number of carbonyl (C=O) groups excluding carboxylic acids is 1. The van der Waals surface area contributed by atoms with Crippen LogP contribution in [0.15, 0.2) is 54.6 Å². The Hall–Kier alpha value is -1.80. The molecule has 3 heteroatoms. The van der Waals surface area contributed by atoms with Crippen LogP contribution in [0.1, 0.15) is 30.4 Å². The van der Waals surface area contributed by atoms with Crippen molar-refractivity contribution in [3.8, 4) is 0 Å². The Morgan fingerprint density at radius 3 is 2.57 bits per heavy atom. The summed E-state index contributed by atoms with van der Waals surface area (Å²) in [6, 6.07) is 17.6. The Labute approximate surface area is 131 Å². The van der Waals surface area contributed by atoms with Crippen LogP contribution >= 0.6 is 11.6 Å². The molecule has 1 amide bonds. The van der Waals surface area contributed by atoms with Crippen LogP contribution in [0.2, 0.25) is 5.02 Å². The topological polar surface area (TPSA) is 29.1 Å². The van der Waals surface area contributed by atoms with Gasteiger partial charge in [-0.3, -0.25) is 4.79 Å². The second kappa shape index (κ2) is 7.84. The number of rotatable bonds is 6. The zero-order chi connectivity index (χ0) is 15.1. The van der Waals surface area contributed by atoms with Gasteiger partial charge in [0.15, 0.2) is 0 Å². The van der Waals surface area contributed by atoms with Crippen LogP contribution in [-0.2, 0) is 11.2 Å². The fourth-order valence-electron chi connectivity index (χ4n) is 2.40. The van der Waals surface area contributed by atoms with E-state index in [9.17, 15) is 4.79 Å². The molecule has 2 rings (SSSR count). The molecule has 1 atom stereocenters. The average Bonchev–Trinajstić information content (AvgIpc) is 2.49. The van der Waals surface area contributed by atoms with Crippen molar-refractivity contribution < 1.29 is 4.79 Å². The number of amides is 1. The summed E-state index contributed by atoms with van der Waals surface area (Å²) in [5.74, 6) is 0.0105. The summed E-state index contributed by atoms with van der Waals surface area (Å²) in [5.41, 5.74) is 2.20. The van der Waals surface area contributed by atoms with Crippen molar-refractivity contribution >= 4 is 17.5 Å². The first-order valence-corrected chi connectivity index (χ1v) is 7.65.